The molecular formula is C18H16F3N3O2. The van der Waals surface area contributed by atoms with E-state index in [2.05, 4.69) is 16.0 Å². The Bertz CT molecular complexity index is 865. The van der Waals surface area contributed by atoms with Gasteiger partial charge in [-0.2, -0.15) is 13.2 Å². The van der Waals surface area contributed by atoms with Crippen molar-refractivity contribution >= 4 is 23.3 Å². The lowest BCUT2D eigenvalue weighted by Gasteiger charge is -2.18. The summed E-state index contributed by atoms with van der Waals surface area (Å²) in [5.74, 6) is -0.0979. The molecule has 0 aromatic heterocycles. The molecule has 136 valence electrons. The molecule has 8 heteroatoms. The Kier molecular flexibility index (Phi) is 4.58. The number of urea groups is 1. The number of para-hydroxylation sites is 1. The van der Waals surface area contributed by atoms with E-state index < -0.39 is 23.8 Å². The summed E-state index contributed by atoms with van der Waals surface area (Å²) in [7, 11) is 0. The minimum atomic E-state index is -4.56. The van der Waals surface area contributed by atoms with Crippen molar-refractivity contribution in [3.8, 4) is 0 Å². The smallest absolute Gasteiger partial charge is 0.331 e. The molecule has 3 amide bonds. The quantitative estimate of drug-likeness (QED) is 0.769. The van der Waals surface area contributed by atoms with Crippen LogP contribution in [0.2, 0.25) is 0 Å². The van der Waals surface area contributed by atoms with E-state index in [4.69, 9.17) is 0 Å². The summed E-state index contributed by atoms with van der Waals surface area (Å²) in [5, 5.41) is 7.56. The van der Waals surface area contributed by atoms with E-state index in [1.807, 2.05) is 0 Å². The van der Waals surface area contributed by atoms with Gasteiger partial charge in [-0.05, 0) is 36.2 Å². The van der Waals surface area contributed by atoms with Crippen molar-refractivity contribution in [2.45, 2.75) is 25.6 Å². The van der Waals surface area contributed by atoms with E-state index in [0.29, 0.717) is 0 Å². The summed E-state index contributed by atoms with van der Waals surface area (Å²) >= 11 is 0. The number of halogens is 3. The van der Waals surface area contributed by atoms with Gasteiger partial charge in [0, 0.05) is 5.69 Å². The van der Waals surface area contributed by atoms with Gasteiger partial charge in [0.05, 0.1) is 23.7 Å². The summed E-state index contributed by atoms with van der Waals surface area (Å²) in [6.45, 7) is 1.71. The molecule has 1 aliphatic rings. The largest absolute Gasteiger partial charge is 0.418 e. The predicted octanol–water partition coefficient (Wildman–Crippen LogP) is 4.08. The molecule has 5 nitrogen and oxygen atoms in total. The average molecular weight is 363 g/mol. The first-order valence-corrected chi connectivity index (χ1v) is 7.90. The lowest BCUT2D eigenvalue weighted by molar-refractivity contribution is -0.136. The highest BCUT2D eigenvalue weighted by Gasteiger charge is 2.33. The fraction of sp³-hybridized carbons (Fsp3) is 0.222. The number of amides is 3. The Hall–Kier alpha value is -3.03. The number of hydrogen-bond acceptors (Lipinski definition) is 2. The summed E-state index contributed by atoms with van der Waals surface area (Å²) in [4.78, 5) is 23.5. The van der Waals surface area contributed by atoms with Crippen LogP contribution in [0, 0.1) is 0 Å². The zero-order valence-electron chi connectivity index (χ0n) is 13.8. The third kappa shape index (κ3) is 3.79. The molecule has 3 rings (SSSR count). The first kappa shape index (κ1) is 17.8. The molecule has 26 heavy (non-hydrogen) atoms. The minimum Gasteiger partial charge on any atom is -0.331 e. The molecule has 0 saturated carbocycles. The number of anilines is 2. The van der Waals surface area contributed by atoms with Crippen LogP contribution in [-0.2, 0) is 17.4 Å². The molecule has 1 heterocycles. The summed E-state index contributed by atoms with van der Waals surface area (Å²) in [6.07, 6.45) is -4.30. The molecule has 1 unspecified atom stereocenters. The maximum Gasteiger partial charge on any atom is 0.418 e. The SMILES string of the molecule is CC(NC(=O)Nc1ccccc1C(F)(F)F)c1ccc2c(c1)CC(=O)N2. The van der Waals surface area contributed by atoms with Gasteiger partial charge in [0.25, 0.3) is 0 Å². The standard InChI is InChI=1S/C18H16F3N3O2/c1-10(11-6-7-14-12(8-11)9-16(25)23-14)22-17(26)24-15-5-3-2-4-13(15)18(19,20)21/h2-8,10H,9H2,1H3,(H,23,25)(H2,22,24,26). The van der Waals surface area contributed by atoms with Crippen LogP contribution in [0.25, 0.3) is 0 Å². The number of carbonyl (C=O) groups excluding carboxylic acids is 2. The van der Waals surface area contributed by atoms with Gasteiger partial charge in [0.15, 0.2) is 0 Å². The Labute approximate surface area is 147 Å². The van der Waals surface area contributed by atoms with Crippen molar-refractivity contribution in [1.29, 1.82) is 0 Å². The second-order valence-electron chi connectivity index (χ2n) is 6.01. The fourth-order valence-corrected chi connectivity index (χ4v) is 2.80. The molecule has 0 spiro atoms. The van der Waals surface area contributed by atoms with Crippen LogP contribution in [0.3, 0.4) is 0 Å². The molecule has 0 saturated heterocycles. The maximum atomic E-state index is 13.0. The van der Waals surface area contributed by atoms with Gasteiger partial charge >= 0.3 is 12.2 Å². The van der Waals surface area contributed by atoms with E-state index in [-0.39, 0.29) is 18.0 Å². The third-order valence-electron chi connectivity index (χ3n) is 4.08. The average Bonchev–Trinajstić information content (AvgIpc) is 2.93. The molecule has 0 aliphatic carbocycles. The lowest BCUT2D eigenvalue weighted by Crippen LogP contribution is -2.32. The number of fused-ring (bicyclic) bond motifs is 1. The molecule has 1 aliphatic heterocycles. The van der Waals surface area contributed by atoms with Crippen molar-refractivity contribution < 1.29 is 22.8 Å². The van der Waals surface area contributed by atoms with E-state index >= 15 is 0 Å². The molecule has 0 bridgehead atoms. The van der Waals surface area contributed by atoms with Crippen LogP contribution < -0.4 is 16.0 Å². The topological polar surface area (TPSA) is 70.2 Å². The number of hydrogen-bond donors (Lipinski definition) is 3. The van der Waals surface area contributed by atoms with Crippen LogP contribution in [0.5, 0.6) is 0 Å². The van der Waals surface area contributed by atoms with Gasteiger partial charge < -0.3 is 16.0 Å². The first-order valence-electron chi connectivity index (χ1n) is 7.90. The zero-order chi connectivity index (χ0) is 18.9. The van der Waals surface area contributed by atoms with Gasteiger partial charge in [-0.1, -0.05) is 24.3 Å². The lowest BCUT2D eigenvalue weighted by atomic mass is 10.0. The van der Waals surface area contributed by atoms with E-state index in [9.17, 15) is 22.8 Å². The van der Waals surface area contributed by atoms with Crippen LogP contribution in [0.1, 0.15) is 29.7 Å². The predicted molar refractivity (Wildman–Crippen MR) is 90.8 cm³/mol. The zero-order valence-corrected chi connectivity index (χ0v) is 13.8. The van der Waals surface area contributed by atoms with Crippen LogP contribution in [-0.4, -0.2) is 11.9 Å². The molecule has 0 fully saturated rings. The maximum absolute atomic E-state index is 13.0. The molecule has 2 aromatic rings. The van der Waals surface area contributed by atoms with Crippen molar-refractivity contribution in [3.05, 3.63) is 59.2 Å². The molecule has 0 radical (unpaired) electrons. The fourth-order valence-electron chi connectivity index (χ4n) is 2.80. The second kappa shape index (κ2) is 6.70. The van der Waals surface area contributed by atoms with Gasteiger partial charge in [0.1, 0.15) is 0 Å². The summed E-state index contributed by atoms with van der Waals surface area (Å²) in [6, 6.07) is 8.86. The van der Waals surface area contributed by atoms with Crippen molar-refractivity contribution in [2.24, 2.45) is 0 Å². The number of benzene rings is 2. The van der Waals surface area contributed by atoms with Crippen molar-refractivity contribution in [1.82, 2.24) is 5.32 Å². The van der Waals surface area contributed by atoms with E-state index in [0.717, 1.165) is 22.9 Å². The highest BCUT2D eigenvalue weighted by Crippen LogP contribution is 2.34. The van der Waals surface area contributed by atoms with Crippen molar-refractivity contribution in [2.75, 3.05) is 10.6 Å². The number of rotatable bonds is 3. The van der Waals surface area contributed by atoms with Crippen LogP contribution in [0.4, 0.5) is 29.3 Å². The van der Waals surface area contributed by atoms with Gasteiger partial charge in [-0.15, -0.1) is 0 Å². The highest BCUT2D eigenvalue weighted by atomic mass is 19.4. The van der Waals surface area contributed by atoms with Gasteiger partial charge in [0.2, 0.25) is 5.91 Å². The monoisotopic (exact) mass is 363 g/mol. The second-order valence-corrected chi connectivity index (χ2v) is 6.01. The number of carbonyl (C=O) groups is 2. The Balaban J connectivity index is 1.70. The number of nitrogens with one attached hydrogen (secondary N) is 3. The van der Waals surface area contributed by atoms with Crippen molar-refractivity contribution in [3.63, 3.8) is 0 Å². The highest BCUT2D eigenvalue weighted by molar-refractivity contribution is 5.99. The molecule has 1 atom stereocenters. The van der Waals surface area contributed by atoms with Crippen LogP contribution >= 0.6 is 0 Å². The summed E-state index contributed by atoms with van der Waals surface area (Å²) in [5.41, 5.74) is 1.08. The third-order valence-corrected chi connectivity index (χ3v) is 4.08. The first-order chi connectivity index (χ1) is 12.2. The minimum absolute atomic E-state index is 0.0979. The van der Waals surface area contributed by atoms with Crippen LogP contribution in [0.15, 0.2) is 42.5 Å². The summed E-state index contributed by atoms with van der Waals surface area (Å²) < 4.78 is 38.9. The normalized spacial score (nSPS) is 14.4. The Morgan fingerprint density at radius 2 is 1.92 bits per heavy atom. The molecule has 2 aromatic carbocycles. The Morgan fingerprint density at radius 3 is 2.65 bits per heavy atom. The van der Waals surface area contributed by atoms with E-state index in [1.165, 1.54) is 18.2 Å². The molecular weight excluding hydrogens is 347 g/mol. The van der Waals surface area contributed by atoms with Gasteiger partial charge in [-0.3, -0.25) is 4.79 Å². The Morgan fingerprint density at radius 1 is 1.19 bits per heavy atom. The number of alkyl halides is 3. The van der Waals surface area contributed by atoms with E-state index in [1.54, 1.807) is 25.1 Å². The molecule has 3 N–H and O–H groups in total. The van der Waals surface area contributed by atoms with Gasteiger partial charge in [-0.25, -0.2) is 4.79 Å².